The van der Waals surface area contributed by atoms with Crippen molar-refractivity contribution < 1.29 is 9.53 Å². The molecule has 1 heterocycles. The van der Waals surface area contributed by atoms with Crippen molar-refractivity contribution >= 4 is 16.7 Å². The average Bonchev–Trinajstić information content (AvgIpc) is 3.23. The van der Waals surface area contributed by atoms with Crippen molar-refractivity contribution in [2.24, 2.45) is 17.8 Å². The Kier molecular flexibility index (Phi) is 4.08. The molecule has 5 heteroatoms. The minimum Gasteiger partial charge on any atom is -0.466 e. The zero-order chi connectivity index (χ0) is 16.5. The fourth-order valence-corrected chi connectivity index (χ4v) is 4.55. The number of benzene rings is 1. The highest BCUT2D eigenvalue weighted by Crippen LogP contribution is 2.49. The first-order valence-corrected chi connectivity index (χ1v) is 8.83. The molecule has 2 fully saturated rings. The van der Waals surface area contributed by atoms with Gasteiger partial charge in [0.2, 0.25) is 5.88 Å². The Morgan fingerprint density at radius 3 is 3.00 bits per heavy atom. The Balaban J connectivity index is 1.34. The molecule has 1 aromatic heterocycles. The van der Waals surface area contributed by atoms with Gasteiger partial charge in [0.1, 0.15) is 0 Å². The van der Waals surface area contributed by atoms with Crippen LogP contribution in [0.25, 0.3) is 10.8 Å². The molecule has 1 N–H and O–H groups in total. The number of nitrogens with zero attached hydrogens (tertiary/aromatic N) is 2. The standard InChI is InChI=1S/C19H23N3O2/c1-12(17-9-13-6-7-14(17)8-13)21-18(23)11-24-19-16-5-3-2-4-15(16)10-20-22-19/h2-5,10,12-14,17H,6-9,11H2,1H3,(H,21,23). The van der Waals surface area contributed by atoms with Crippen molar-refractivity contribution in [1.82, 2.24) is 15.5 Å². The summed E-state index contributed by atoms with van der Waals surface area (Å²) in [5, 5.41) is 12.9. The summed E-state index contributed by atoms with van der Waals surface area (Å²) in [6.07, 6.45) is 7.02. The lowest BCUT2D eigenvalue weighted by atomic mass is 9.84. The van der Waals surface area contributed by atoms with Gasteiger partial charge < -0.3 is 10.1 Å². The minimum atomic E-state index is -0.0833. The van der Waals surface area contributed by atoms with Crippen LogP contribution in [0.5, 0.6) is 5.88 Å². The topological polar surface area (TPSA) is 64.1 Å². The number of carbonyl (C=O) groups excluding carboxylic acids is 1. The van der Waals surface area contributed by atoms with Gasteiger partial charge in [-0.05, 0) is 50.0 Å². The van der Waals surface area contributed by atoms with Crippen molar-refractivity contribution in [2.75, 3.05) is 6.61 Å². The number of fused-ring (bicyclic) bond motifs is 3. The summed E-state index contributed by atoms with van der Waals surface area (Å²) in [4.78, 5) is 12.2. The van der Waals surface area contributed by atoms with Crippen LogP contribution in [0.4, 0.5) is 0 Å². The van der Waals surface area contributed by atoms with Gasteiger partial charge in [-0.2, -0.15) is 5.10 Å². The van der Waals surface area contributed by atoms with Gasteiger partial charge in [0.15, 0.2) is 6.61 Å². The summed E-state index contributed by atoms with van der Waals surface area (Å²) < 4.78 is 5.62. The second-order valence-corrected chi connectivity index (χ2v) is 7.22. The van der Waals surface area contributed by atoms with Gasteiger partial charge >= 0.3 is 0 Å². The fraction of sp³-hybridized carbons (Fsp3) is 0.526. The van der Waals surface area contributed by atoms with Gasteiger partial charge in [0.05, 0.1) is 6.20 Å². The van der Waals surface area contributed by atoms with Gasteiger partial charge in [0, 0.05) is 16.8 Å². The number of carbonyl (C=O) groups is 1. The molecule has 4 atom stereocenters. The van der Waals surface area contributed by atoms with E-state index in [-0.39, 0.29) is 18.6 Å². The van der Waals surface area contributed by atoms with Gasteiger partial charge in [-0.25, -0.2) is 0 Å². The quantitative estimate of drug-likeness (QED) is 0.918. The summed E-state index contributed by atoms with van der Waals surface area (Å²) in [5.41, 5.74) is 0. The second kappa shape index (κ2) is 6.38. The first kappa shape index (κ1) is 15.4. The van der Waals surface area contributed by atoms with Crippen LogP contribution in [0.15, 0.2) is 30.5 Å². The van der Waals surface area contributed by atoms with Crippen LogP contribution in [-0.4, -0.2) is 28.8 Å². The Bertz CT molecular complexity index is 743. The fourth-order valence-electron chi connectivity index (χ4n) is 4.55. The molecule has 2 aliphatic carbocycles. The highest BCUT2D eigenvalue weighted by Gasteiger charge is 2.42. The third-order valence-corrected chi connectivity index (χ3v) is 5.70. The highest BCUT2D eigenvalue weighted by molar-refractivity contribution is 5.86. The number of nitrogens with one attached hydrogen (secondary N) is 1. The Morgan fingerprint density at radius 1 is 1.33 bits per heavy atom. The molecule has 1 aromatic carbocycles. The molecule has 0 radical (unpaired) electrons. The first-order chi connectivity index (χ1) is 11.7. The largest absolute Gasteiger partial charge is 0.466 e. The normalized spacial score (nSPS) is 26.5. The van der Waals surface area contributed by atoms with Gasteiger partial charge in [0.25, 0.3) is 5.91 Å². The van der Waals surface area contributed by atoms with E-state index < -0.39 is 0 Å². The molecular formula is C19H23N3O2. The lowest BCUT2D eigenvalue weighted by Crippen LogP contribution is -2.42. The molecule has 2 aliphatic rings. The molecule has 0 saturated heterocycles. The van der Waals surface area contributed by atoms with Crippen molar-refractivity contribution in [2.45, 2.75) is 38.6 Å². The third kappa shape index (κ3) is 2.95. The summed E-state index contributed by atoms with van der Waals surface area (Å²) in [7, 11) is 0. The predicted octanol–water partition coefficient (Wildman–Crippen LogP) is 2.95. The smallest absolute Gasteiger partial charge is 0.258 e. The molecule has 5 nitrogen and oxygen atoms in total. The van der Waals surface area contributed by atoms with E-state index in [0.717, 1.165) is 22.6 Å². The molecule has 2 saturated carbocycles. The number of hydrogen-bond donors (Lipinski definition) is 1. The van der Waals surface area contributed by atoms with Crippen LogP contribution in [0.3, 0.4) is 0 Å². The summed E-state index contributed by atoms with van der Waals surface area (Å²) in [5.74, 6) is 2.65. The first-order valence-electron chi connectivity index (χ1n) is 8.83. The minimum absolute atomic E-state index is 0.0200. The Hall–Kier alpha value is -2.17. The number of hydrogen-bond acceptors (Lipinski definition) is 4. The number of amides is 1. The maximum Gasteiger partial charge on any atom is 0.258 e. The van der Waals surface area contributed by atoms with E-state index in [4.69, 9.17) is 4.74 Å². The molecule has 2 bridgehead atoms. The molecule has 24 heavy (non-hydrogen) atoms. The number of ether oxygens (including phenoxy) is 1. The lowest BCUT2D eigenvalue weighted by Gasteiger charge is -2.28. The van der Waals surface area contributed by atoms with Crippen LogP contribution in [0.2, 0.25) is 0 Å². The summed E-state index contributed by atoms with van der Waals surface area (Å²) in [6, 6.07) is 7.96. The van der Waals surface area contributed by atoms with E-state index >= 15 is 0 Å². The van der Waals surface area contributed by atoms with Crippen molar-refractivity contribution in [3.63, 3.8) is 0 Å². The maximum absolute atomic E-state index is 12.2. The Labute approximate surface area is 141 Å². The number of aromatic nitrogens is 2. The van der Waals surface area contributed by atoms with Gasteiger partial charge in [-0.1, -0.05) is 24.6 Å². The monoisotopic (exact) mass is 325 g/mol. The summed E-state index contributed by atoms with van der Waals surface area (Å²) >= 11 is 0. The molecule has 0 aliphatic heterocycles. The lowest BCUT2D eigenvalue weighted by molar-refractivity contribution is -0.124. The SMILES string of the molecule is CC(NC(=O)COc1nncc2ccccc12)C1CC2CCC1C2. The van der Waals surface area contributed by atoms with Crippen molar-refractivity contribution in [3.8, 4) is 5.88 Å². The summed E-state index contributed by atoms with van der Waals surface area (Å²) in [6.45, 7) is 2.11. The van der Waals surface area contributed by atoms with Gasteiger partial charge in [-0.3, -0.25) is 4.79 Å². The van der Waals surface area contributed by atoms with E-state index in [1.165, 1.54) is 25.7 Å². The molecule has 0 spiro atoms. The van der Waals surface area contributed by atoms with E-state index in [1.54, 1.807) is 6.20 Å². The third-order valence-electron chi connectivity index (χ3n) is 5.70. The van der Waals surface area contributed by atoms with Crippen molar-refractivity contribution in [3.05, 3.63) is 30.5 Å². The predicted molar refractivity (Wildman–Crippen MR) is 91.6 cm³/mol. The average molecular weight is 325 g/mol. The zero-order valence-electron chi connectivity index (χ0n) is 13.9. The van der Waals surface area contributed by atoms with Crippen LogP contribution >= 0.6 is 0 Å². The maximum atomic E-state index is 12.2. The van der Waals surface area contributed by atoms with Crippen LogP contribution in [0.1, 0.15) is 32.6 Å². The second-order valence-electron chi connectivity index (χ2n) is 7.22. The molecule has 4 unspecified atom stereocenters. The number of rotatable bonds is 5. The van der Waals surface area contributed by atoms with E-state index in [2.05, 4.69) is 22.4 Å². The zero-order valence-corrected chi connectivity index (χ0v) is 13.9. The molecule has 2 aromatic rings. The van der Waals surface area contributed by atoms with Crippen molar-refractivity contribution in [1.29, 1.82) is 0 Å². The highest BCUT2D eigenvalue weighted by atomic mass is 16.5. The van der Waals surface area contributed by atoms with Crippen LogP contribution in [0, 0.1) is 17.8 Å². The van der Waals surface area contributed by atoms with E-state index in [9.17, 15) is 4.79 Å². The van der Waals surface area contributed by atoms with E-state index in [1.807, 2.05) is 24.3 Å². The molecular weight excluding hydrogens is 302 g/mol. The van der Waals surface area contributed by atoms with Crippen LogP contribution in [-0.2, 0) is 4.79 Å². The molecule has 4 rings (SSSR count). The van der Waals surface area contributed by atoms with E-state index in [0.29, 0.717) is 11.8 Å². The van der Waals surface area contributed by atoms with Crippen LogP contribution < -0.4 is 10.1 Å². The Morgan fingerprint density at radius 2 is 2.21 bits per heavy atom. The molecule has 1 amide bonds. The van der Waals surface area contributed by atoms with Gasteiger partial charge in [-0.15, -0.1) is 5.10 Å². The molecule has 126 valence electrons.